The third-order valence-corrected chi connectivity index (χ3v) is 1.07. The summed E-state index contributed by atoms with van der Waals surface area (Å²) in [6.07, 6.45) is 1.54. The molecule has 0 fully saturated rings. The van der Waals surface area contributed by atoms with Gasteiger partial charge in [0.05, 0.1) is 5.92 Å². The number of rotatable bonds is 2. The average molecular weight is 181 g/mol. The number of carbonyl (C=O) groups is 1. The molecular weight excluding hydrogens is 166 g/mol. The van der Waals surface area contributed by atoms with Crippen LogP contribution in [0.4, 0.5) is 4.79 Å². The lowest BCUT2D eigenvalue weighted by Crippen LogP contribution is -2.24. The standard InChI is InChI=1S/C9H15N3O/c1-7(2)4-5-8(3)6-11-12-9(10)13/h6-8H,1-3H3,(H3,10,12,13)/b11-6+. The summed E-state index contributed by atoms with van der Waals surface area (Å²) in [6, 6.07) is -0.666. The van der Waals surface area contributed by atoms with Crippen LogP contribution < -0.4 is 11.2 Å². The molecule has 1 unspecified atom stereocenters. The summed E-state index contributed by atoms with van der Waals surface area (Å²) in [7, 11) is 0. The lowest BCUT2D eigenvalue weighted by Gasteiger charge is -1.95. The van der Waals surface area contributed by atoms with E-state index in [1.54, 1.807) is 6.21 Å². The molecule has 1 atom stereocenters. The monoisotopic (exact) mass is 181 g/mol. The molecule has 0 radical (unpaired) electrons. The van der Waals surface area contributed by atoms with E-state index in [1.165, 1.54) is 0 Å². The van der Waals surface area contributed by atoms with Gasteiger partial charge in [-0.2, -0.15) is 5.10 Å². The van der Waals surface area contributed by atoms with Gasteiger partial charge in [-0.05, 0) is 6.92 Å². The molecule has 0 aliphatic heterocycles. The van der Waals surface area contributed by atoms with Crippen molar-refractivity contribution in [2.75, 3.05) is 0 Å². The fourth-order valence-electron chi connectivity index (χ4n) is 0.548. The van der Waals surface area contributed by atoms with Gasteiger partial charge in [-0.25, -0.2) is 10.2 Å². The zero-order valence-corrected chi connectivity index (χ0v) is 8.16. The number of urea groups is 1. The molecule has 0 bridgehead atoms. The first-order valence-electron chi connectivity index (χ1n) is 4.12. The summed E-state index contributed by atoms with van der Waals surface area (Å²) in [5, 5.41) is 3.60. The molecule has 13 heavy (non-hydrogen) atoms. The maximum Gasteiger partial charge on any atom is 0.332 e. The maximum absolute atomic E-state index is 10.2. The first-order chi connectivity index (χ1) is 6.02. The predicted molar refractivity (Wildman–Crippen MR) is 53.0 cm³/mol. The van der Waals surface area contributed by atoms with Crippen molar-refractivity contribution in [3.05, 3.63) is 0 Å². The highest BCUT2D eigenvalue weighted by molar-refractivity contribution is 5.73. The average Bonchev–Trinajstić information content (AvgIpc) is 2.00. The minimum Gasteiger partial charge on any atom is -0.350 e. The van der Waals surface area contributed by atoms with Crippen LogP contribution in [-0.4, -0.2) is 12.2 Å². The third-order valence-electron chi connectivity index (χ3n) is 1.07. The quantitative estimate of drug-likeness (QED) is 0.371. The van der Waals surface area contributed by atoms with Gasteiger partial charge in [0.1, 0.15) is 0 Å². The summed E-state index contributed by atoms with van der Waals surface area (Å²) in [4.78, 5) is 10.2. The number of hydrogen-bond acceptors (Lipinski definition) is 2. The van der Waals surface area contributed by atoms with Crippen molar-refractivity contribution in [2.24, 2.45) is 22.7 Å². The molecule has 0 aromatic carbocycles. The molecule has 2 amide bonds. The van der Waals surface area contributed by atoms with E-state index < -0.39 is 6.03 Å². The van der Waals surface area contributed by atoms with Gasteiger partial charge in [0.15, 0.2) is 0 Å². The number of carbonyl (C=O) groups excluding carboxylic acids is 1. The molecule has 72 valence electrons. The second-order valence-electron chi connectivity index (χ2n) is 2.99. The molecule has 0 aromatic heterocycles. The summed E-state index contributed by atoms with van der Waals surface area (Å²) in [5.41, 5.74) is 6.91. The van der Waals surface area contributed by atoms with Gasteiger partial charge < -0.3 is 5.73 Å². The van der Waals surface area contributed by atoms with E-state index in [1.807, 2.05) is 20.8 Å². The Labute approximate surface area is 78.6 Å². The molecule has 0 saturated carbocycles. The maximum atomic E-state index is 10.2. The molecule has 0 heterocycles. The summed E-state index contributed by atoms with van der Waals surface area (Å²) in [6.45, 7) is 5.92. The van der Waals surface area contributed by atoms with Gasteiger partial charge in [-0.15, -0.1) is 0 Å². The molecule has 4 nitrogen and oxygen atoms in total. The van der Waals surface area contributed by atoms with E-state index in [9.17, 15) is 4.79 Å². The number of nitrogens with zero attached hydrogens (tertiary/aromatic N) is 1. The van der Waals surface area contributed by atoms with Crippen LogP contribution in [0.5, 0.6) is 0 Å². The Kier molecular flexibility index (Phi) is 5.37. The molecule has 0 aromatic rings. The molecule has 0 aliphatic rings. The van der Waals surface area contributed by atoms with E-state index in [-0.39, 0.29) is 5.92 Å². The Hall–Kier alpha value is -1.50. The van der Waals surface area contributed by atoms with Crippen molar-refractivity contribution in [3.8, 4) is 11.8 Å². The van der Waals surface area contributed by atoms with Gasteiger partial charge in [0.2, 0.25) is 0 Å². The zero-order chi connectivity index (χ0) is 10.3. The number of primary amides is 1. The molecule has 0 rings (SSSR count). The first kappa shape index (κ1) is 11.5. The highest BCUT2D eigenvalue weighted by atomic mass is 16.2. The van der Waals surface area contributed by atoms with E-state index in [2.05, 4.69) is 22.4 Å². The van der Waals surface area contributed by atoms with Crippen LogP contribution >= 0.6 is 0 Å². The Morgan fingerprint density at radius 1 is 1.46 bits per heavy atom. The van der Waals surface area contributed by atoms with Gasteiger partial charge in [0.25, 0.3) is 0 Å². The van der Waals surface area contributed by atoms with Gasteiger partial charge in [0, 0.05) is 12.1 Å². The van der Waals surface area contributed by atoms with E-state index in [0.29, 0.717) is 5.92 Å². The smallest absolute Gasteiger partial charge is 0.332 e. The SMILES string of the molecule is CC(C)C#CC(C)/C=N/NC(N)=O. The van der Waals surface area contributed by atoms with E-state index >= 15 is 0 Å². The highest BCUT2D eigenvalue weighted by Gasteiger charge is 1.91. The van der Waals surface area contributed by atoms with Crippen LogP contribution in [0.3, 0.4) is 0 Å². The van der Waals surface area contributed by atoms with Crippen LogP contribution in [0.15, 0.2) is 5.10 Å². The molecular formula is C9H15N3O. The van der Waals surface area contributed by atoms with Crippen molar-refractivity contribution in [3.63, 3.8) is 0 Å². The Bertz CT molecular complexity index is 247. The third kappa shape index (κ3) is 8.41. The van der Waals surface area contributed by atoms with Crippen LogP contribution in [0.1, 0.15) is 20.8 Å². The van der Waals surface area contributed by atoms with Crippen LogP contribution in [0, 0.1) is 23.7 Å². The van der Waals surface area contributed by atoms with Crippen molar-refractivity contribution >= 4 is 12.2 Å². The first-order valence-corrected chi connectivity index (χ1v) is 4.12. The second-order valence-corrected chi connectivity index (χ2v) is 2.99. The topological polar surface area (TPSA) is 67.5 Å². The van der Waals surface area contributed by atoms with Crippen LogP contribution in [0.25, 0.3) is 0 Å². The number of nitrogens with one attached hydrogen (secondary N) is 1. The number of hydrazone groups is 1. The number of nitrogens with two attached hydrogens (primary N) is 1. The Morgan fingerprint density at radius 3 is 2.54 bits per heavy atom. The number of hydrogen-bond donors (Lipinski definition) is 2. The summed E-state index contributed by atoms with van der Waals surface area (Å²) < 4.78 is 0. The lowest BCUT2D eigenvalue weighted by atomic mass is 10.1. The second kappa shape index (κ2) is 6.06. The number of amides is 2. The van der Waals surface area contributed by atoms with E-state index in [0.717, 1.165) is 0 Å². The minimum absolute atomic E-state index is 0.0225. The fraction of sp³-hybridized carbons (Fsp3) is 0.556. The molecule has 4 heteroatoms. The molecule has 3 N–H and O–H groups in total. The largest absolute Gasteiger partial charge is 0.350 e. The molecule has 0 spiro atoms. The van der Waals surface area contributed by atoms with Gasteiger partial charge in [-0.1, -0.05) is 25.7 Å². The highest BCUT2D eigenvalue weighted by Crippen LogP contribution is 1.90. The Balaban J connectivity index is 3.88. The van der Waals surface area contributed by atoms with Crippen LogP contribution in [-0.2, 0) is 0 Å². The molecule has 0 aliphatic carbocycles. The van der Waals surface area contributed by atoms with E-state index in [4.69, 9.17) is 5.73 Å². The Morgan fingerprint density at radius 2 is 2.08 bits per heavy atom. The van der Waals surface area contributed by atoms with Gasteiger partial charge in [-0.3, -0.25) is 0 Å². The zero-order valence-electron chi connectivity index (χ0n) is 8.16. The van der Waals surface area contributed by atoms with Crippen molar-refractivity contribution < 1.29 is 4.79 Å². The minimum atomic E-state index is -0.666. The lowest BCUT2D eigenvalue weighted by molar-refractivity contribution is 0.249. The fourth-order valence-corrected chi connectivity index (χ4v) is 0.548. The normalized spacial score (nSPS) is 12.3. The van der Waals surface area contributed by atoms with Crippen LogP contribution in [0.2, 0.25) is 0 Å². The predicted octanol–water partition coefficient (Wildman–Crippen LogP) is 0.936. The van der Waals surface area contributed by atoms with Crippen molar-refractivity contribution in [1.29, 1.82) is 0 Å². The van der Waals surface area contributed by atoms with Crippen molar-refractivity contribution in [1.82, 2.24) is 5.43 Å². The van der Waals surface area contributed by atoms with Gasteiger partial charge >= 0.3 is 6.03 Å². The molecule has 0 saturated heterocycles. The summed E-state index contributed by atoms with van der Waals surface area (Å²) >= 11 is 0. The van der Waals surface area contributed by atoms with Crippen molar-refractivity contribution in [2.45, 2.75) is 20.8 Å². The summed E-state index contributed by atoms with van der Waals surface area (Å²) in [5.74, 6) is 6.33.